The summed E-state index contributed by atoms with van der Waals surface area (Å²) in [6, 6.07) is 8.75. The fourth-order valence-electron chi connectivity index (χ4n) is 2.54. The van der Waals surface area contributed by atoms with Gasteiger partial charge >= 0.3 is 0 Å². The van der Waals surface area contributed by atoms with Crippen molar-refractivity contribution in [2.45, 2.75) is 38.8 Å². The third-order valence-corrected chi connectivity index (χ3v) is 3.92. The molecule has 1 aliphatic rings. The quantitative estimate of drug-likeness (QED) is 0.919. The van der Waals surface area contributed by atoms with Crippen LogP contribution in [0.4, 0.5) is 5.69 Å². The zero-order chi connectivity index (χ0) is 13.8. The van der Waals surface area contributed by atoms with Crippen LogP contribution in [-0.2, 0) is 0 Å². The van der Waals surface area contributed by atoms with Gasteiger partial charge in [-0.05, 0) is 51.4 Å². The maximum atomic E-state index is 8.93. The molecule has 19 heavy (non-hydrogen) atoms. The van der Waals surface area contributed by atoms with Crippen molar-refractivity contribution >= 4 is 17.3 Å². The average molecular weight is 278 g/mol. The topological polar surface area (TPSA) is 39.1 Å². The van der Waals surface area contributed by atoms with E-state index in [4.69, 9.17) is 16.9 Å². The molecule has 1 atom stereocenters. The summed E-state index contributed by atoms with van der Waals surface area (Å²) in [6.45, 7) is 6.47. The average Bonchev–Trinajstić information content (AvgIpc) is 2.88. The molecule has 1 unspecified atom stereocenters. The van der Waals surface area contributed by atoms with Gasteiger partial charge in [0.25, 0.3) is 0 Å². The minimum atomic E-state index is 0.409. The van der Waals surface area contributed by atoms with Gasteiger partial charge in [0.05, 0.1) is 10.6 Å². The van der Waals surface area contributed by atoms with Crippen molar-refractivity contribution in [3.8, 4) is 6.07 Å². The second kappa shape index (κ2) is 6.27. The molecular formula is C15H20ClN3. The van der Waals surface area contributed by atoms with E-state index in [9.17, 15) is 0 Å². The predicted molar refractivity (Wildman–Crippen MR) is 79.7 cm³/mol. The summed E-state index contributed by atoms with van der Waals surface area (Å²) >= 11 is 6.13. The first-order chi connectivity index (χ1) is 9.11. The van der Waals surface area contributed by atoms with Gasteiger partial charge in [0.2, 0.25) is 0 Å². The molecule has 0 aromatic heterocycles. The zero-order valence-corrected chi connectivity index (χ0v) is 12.2. The van der Waals surface area contributed by atoms with Crippen molar-refractivity contribution in [2.24, 2.45) is 0 Å². The van der Waals surface area contributed by atoms with E-state index in [0.717, 1.165) is 18.8 Å². The van der Waals surface area contributed by atoms with E-state index in [2.05, 4.69) is 30.1 Å². The van der Waals surface area contributed by atoms with Crippen molar-refractivity contribution in [1.29, 1.82) is 5.26 Å². The molecule has 4 heteroatoms. The Morgan fingerprint density at radius 1 is 1.53 bits per heavy atom. The van der Waals surface area contributed by atoms with Crippen LogP contribution in [0.15, 0.2) is 18.2 Å². The van der Waals surface area contributed by atoms with E-state index >= 15 is 0 Å². The fourth-order valence-corrected chi connectivity index (χ4v) is 2.75. The van der Waals surface area contributed by atoms with E-state index in [0.29, 0.717) is 22.7 Å². The van der Waals surface area contributed by atoms with Gasteiger partial charge in [-0.2, -0.15) is 5.26 Å². The minimum Gasteiger partial charge on any atom is -0.367 e. The number of anilines is 1. The molecular weight excluding hydrogens is 258 g/mol. The molecule has 0 amide bonds. The van der Waals surface area contributed by atoms with Crippen LogP contribution in [0.5, 0.6) is 0 Å². The first-order valence-electron chi connectivity index (χ1n) is 6.81. The minimum absolute atomic E-state index is 0.409. The van der Waals surface area contributed by atoms with Gasteiger partial charge in [-0.25, -0.2) is 0 Å². The second-order valence-corrected chi connectivity index (χ2v) is 5.72. The molecule has 3 nitrogen and oxygen atoms in total. The van der Waals surface area contributed by atoms with E-state index in [1.54, 1.807) is 6.07 Å². The van der Waals surface area contributed by atoms with Crippen LogP contribution in [-0.4, -0.2) is 25.2 Å². The monoisotopic (exact) mass is 277 g/mol. The lowest BCUT2D eigenvalue weighted by molar-refractivity contribution is 0.553. The number of hydrogen-bond acceptors (Lipinski definition) is 3. The SMILES string of the molecule is CC(C)N(CC1CCCN1)c1ccc(C#N)c(Cl)c1. The van der Waals surface area contributed by atoms with Crippen LogP contribution in [0.2, 0.25) is 5.02 Å². The van der Waals surface area contributed by atoms with Gasteiger partial charge in [-0.3, -0.25) is 0 Å². The Kier molecular flexibility index (Phi) is 4.68. The van der Waals surface area contributed by atoms with Crippen LogP contribution in [0, 0.1) is 11.3 Å². The molecule has 102 valence electrons. The molecule has 1 aliphatic heterocycles. The number of nitriles is 1. The first-order valence-corrected chi connectivity index (χ1v) is 7.19. The van der Waals surface area contributed by atoms with E-state index in [1.165, 1.54) is 12.8 Å². The molecule has 0 bridgehead atoms. The summed E-state index contributed by atoms with van der Waals surface area (Å²) in [5.74, 6) is 0. The summed E-state index contributed by atoms with van der Waals surface area (Å²) in [5.41, 5.74) is 1.63. The number of hydrogen-bond donors (Lipinski definition) is 1. The summed E-state index contributed by atoms with van der Waals surface area (Å²) in [4.78, 5) is 2.34. The lowest BCUT2D eigenvalue weighted by Gasteiger charge is -2.32. The van der Waals surface area contributed by atoms with Crippen molar-refractivity contribution in [3.05, 3.63) is 28.8 Å². The zero-order valence-electron chi connectivity index (χ0n) is 11.5. The van der Waals surface area contributed by atoms with E-state index in [-0.39, 0.29) is 0 Å². The highest BCUT2D eigenvalue weighted by molar-refractivity contribution is 6.32. The largest absolute Gasteiger partial charge is 0.367 e. The summed E-state index contributed by atoms with van der Waals surface area (Å²) in [5, 5.41) is 13.0. The predicted octanol–water partition coefficient (Wildman–Crippen LogP) is 3.18. The van der Waals surface area contributed by atoms with E-state index < -0.39 is 0 Å². The summed E-state index contributed by atoms with van der Waals surface area (Å²) in [7, 11) is 0. The number of benzene rings is 1. The summed E-state index contributed by atoms with van der Waals surface area (Å²) < 4.78 is 0. The van der Waals surface area contributed by atoms with E-state index in [1.807, 2.05) is 12.1 Å². The third-order valence-electron chi connectivity index (χ3n) is 3.61. The number of halogens is 1. The fraction of sp³-hybridized carbons (Fsp3) is 0.533. The molecule has 0 radical (unpaired) electrons. The standard InChI is InChI=1S/C15H20ClN3/c1-11(2)19(10-13-4-3-7-18-13)14-6-5-12(9-17)15(16)8-14/h5-6,8,11,13,18H,3-4,7,10H2,1-2H3. The van der Waals surface area contributed by atoms with Gasteiger partial charge in [0.15, 0.2) is 0 Å². The molecule has 0 aliphatic carbocycles. The Hall–Kier alpha value is -1.24. The molecule has 1 heterocycles. The second-order valence-electron chi connectivity index (χ2n) is 5.32. The molecule has 1 N–H and O–H groups in total. The molecule has 1 aromatic carbocycles. The normalized spacial score (nSPS) is 18.6. The third kappa shape index (κ3) is 3.40. The molecule has 1 saturated heterocycles. The van der Waals surface area contributed by atoms with Gasteiger partial charge in [0, 0.05) is 24.3 Å². The Morgan fingerprint density at radius 3 is 2.84 bits per heavy atom. The Bertz CT molecular complexity index is 473. The molecule has 0 spiro atoms. The molecule has 0 saturated carbocycles. The highest BCUT2D eigenvalue weighted by atomic mass is 35.5. The van der Waals surface area contributed by atoms with Crippen molar-refractivity contribution in [1.82, 2.24) is 5.32 Å². The highest BCUT2D eigenvalue weighted by Gasteiger charge is 2.20. The Labute approximate surface area is 120 Å². The molecule has 1 aromatic rings. The lowest BCUT2D eigenvalue weighted by Crippen LogP contribution is -2.41. The number of nitrogens with one attached hydrogen (secondary N) is 1. The summed E-state index contributed by atoms with van der Waals surface area (Å²) in [6.07, 6.45) is 2.48. The van der Waals surface area contributed by atoms with Gasteiger partial charge in [-0.15, -0.1) is 0 Å². The molecule has 1 fully saturated rings. The van der Waals surface area contributed by atoms with Crippen LogP contribution in [0.3, 0.4) is 0 Å². The van der Waals surface area contributed by atoms with Crippen molar-refractivity contribution < 1.29 is 0 Å². The number of nitrogens with zero attached hydrogens (tertiary/aromatic N) is 2. The van der Waals surface area contributed by atoms with Gasteiger partial charge < -0.3 is 10.2 Å². The molecule has 2 rings (SSSR count). The van der Waals surface area contributed by atoms with Crippen LogP contribution in [0.1, 0.15) is 32.3 Å². The van der Waals surface area contributed by atoms with Crippen LogP contribution < -0.4 is 10.2 Å². The highest BCUT2D eigenvalue weighted by Crippen LogP contribution is 2.25. The Morgan fingerprint density at radius 2 is 2.32 bits per heavy atom. The van der Waals surface area contributed by atoms with Gasteiger partial charge in [-0.1, -0.05) is 11.6 Å². The van der Waals surface area contributed by atoms with Gasteiger partial charge in [0.1, 0.15) is 6.07 Å². The van der Waals surface area contributed by atoms with Crippen LogP contribution in [0.25, 0.3) is 0 Å². The van der Waals surface area contributed by atoms with Crippen molar-refractivity contribution in [3.63, 3.8) is 0 Å². The maximum absolute atomic E-state index is 8.93. The van der Waals surface area contributed by atoms with Crippen molar-refractivity contribution in [2.75, 3.05) is 18.0 Å². The maximum Gasteiger partial charge on any atom is 0.101 e. The number of rotatable bonds is 4. The van der Waals surface area contributed by atoms with Crippen LogP contribution >= 0.6 is 11.6 Å². The Balaban J connectivity index is 2.18. The smallest absolute Gasteiger partial charge is 0.101 e. The first kappa shape index (κ1) is 14.2. The lowest BCUT2D eigenvalue weighted by atomic mass is 10.1.